The van der Waals surface area contributed by atoms with Crippen LogP contribution < -0.4 is 10.1 Å². The molecule has 36 heavy (non-hydrogen) atoms. The predicted molar refractivity (Wildman–Crippen MR) is 132 cm³/mol. The van der Waals surface area contributed by atoms with Gasteiger partial charge < -0.3 is 20.1 Å². The molecule has 4 aromatic rings. The molecule has 0 bridgehead atoms. The summed E-state index contributed by atoms with van der Waals surface area (Å²) in [6, 6.07) is 13.2. The van der Waals surface area contributed by atoms with Gasteiger partial charge in [-0.3, -0.25) is 9.59 Å². The average molecular weight is 493 g/mol. The number of amides is 1. The van der Waals surface area contributed by atoms with Crippen molar-refractivity contribution in [2.45, 2.75) is 39.7 Å². The van der Waals surface area contributed by atoms with Gasteiger partial charge in [0.25, 0.3) is 5.91 Å². The molecule has 1 atom stereocenters. The van der Waals surface area contributed by atoms with Gasteiger partial charge in [-0.15, -0.1) is 0 Å². The summed E-state index contributed by atoms with van der Waals surface area (Å²) in [5, 5.41) is 12.4. The van der Waals surface area contributed by atoms with Crippen LogP contribution in [0, 0.1) is 25.5 Å². The Labute approximate surface area is 206 Å². The Morgan fingerprint density at radius 1 is 1.00 bits per heavy atom. The summed E-state index contributed by atoms with van der Waals surface area (Å²) >= 11 is 0. The Hall–Kier alpha value is -4.20. The van der Waals surface area contributed by atoms with Crippen molar-refractivity contribution in [3.8, 4) is 11.5 Å². The fraction of sp³-hybridized carbons (Fsp3) is 0.214. The van der Waals surface area contributed by atoms with E-state index in [1.165, 1.54) is 24.3 Å². The van der Waals surface area contributed by atoms with Gasteiger partial charge in [-0.25, -0.2) is 8.78 Å². The van der Waals surface area contributed by atoms with Crippen molar-refractivity contribution in [3.63, 3.8) is 0 Å². The van der Waals surface area contributed by atoms with Gasteiger partial charge >= 0.3 is 5.97 Å². The highest BCUT2D eigenvalue weighted by Crippen LogP contribution is 2.29. The first kappa shape index (κ1) is 24.9. The van der Waals surface area contributed by atoms with Crippen LogP contribution in [0.2, 0.25) is 0 Å². The second-order valence-corrected chi connectivity index (χ2v) is 8.81. The van der Waals surface area contributed by atoms with Gasteiger partial charge in [0.05, 0.1) is 6.04 Å². The number of carbonyl (C=O) groups is 2. The standard InChI is InChI=1S/C28H26F2N2O4/c1-15-10-22(7-4-18(15)5-9-26(33)34)36-23-12-19(11-21(30)13-23)17(3)31-28(35)27-16(2)24-14-20(29)6-8-25(24)32-27/h4,6-8,10-14,17,32H,5,9H2,1-3H3,(H,31,35)(H,33,34). The Morgan fingerprint density at radius 2 is 1.78 bits per heavy atom. The fourth-order valence-corrected chi connectivity index (χ4v) is 4.16. The van der Waals surface area contributed by atoms with Gasteiger partial charge in [0.1, 0.15) is 28.8 Å². The topological polar surface area (TPSA) is 91.4 Å². The molecule has 8 heteroatoms. The monoisotopic (exact) mass is 492 g/mol. The van der Waals surface area contributed by atoms with Crippen molar-refractivity contribution in [1.82, 2.24) is 10.3 Å². The summed E-state index contributed by atoms with van der Waals surface area (Å²) < 4.78 is 33.9. The molecule has 186 valence electrons. The van der Waals surface area contributed by atoms with Crippen LogP contribution in [0.3, 0.4) is 0 Å². The van der Waals surface area contributed by atoms with Crippen LogP contribution in [0.15, 0.2) is 54.6 Å². The molecule has 0 saturated carbocycles. The van der Waals surface area contributed by atoms with E-state index in [-0.39, 0.29) is 18.0 Å². The molecule has 0 fully saturated rings. The van der Waals surface area contributed by atoms with Crippen molar-refractivity contribution in [1.29, 1.82) is 0 Å². The molecule has 1 amide bonds. The maximum atomic E-state index is 14.4. The second-order valence-electron chi connectivity index (χ2n) is 8.81. The van der Waals surface area contributed by atoms with E-state index in [1.54, 1.807) is 44.2 Å². The third-order valence-electron chi connectivity index (χ3n) is 6.15. The number of hydrogen-bond acceptors (Lipinski definition) is 3. The van der Waals surface area contributed by atoms with E-state index in [9.17, 15) is 18.4 Å². The number of benzene rings is 3. The predicted octanol–water partition coefficient (Wildman–Crippen LogP) is 6.36. The van der Waals surface area contributed by atoms with E-state index in [0.717, 1.165) is 11.1 Å². The molecule has 1 heterocycles. The van der Waals surface area contributed by atoms with Crippen molar-refractivity contribution >= 4 is 22.8 Å². The van der Waals surface area contributed by atoms with Gasteiger partial charge in [0, 0.05) is 23.4 Å². The zero-order valence-corrected chi connectivity index (χ0v) is 20.1. The van der Waals surface area contributed by atoms with Gasteiger partial charge in [-0.05, 0) is 91.9 Å². The average Bonchev–Trinajstić information content (AvgIpc) is 3.14. The largest absolute Gasteiger partial charge is 0.481 e. The summed E-state index contributed by atoms with van der Waals surface area (Å²) in [4.78, 5) is 26.8. The number of halogens is 2. The summed E-state index contributed by atoms with van der Waals surface area (Å²) in [6.45, 7) is 5.33. The first-order chi connectivity index (χ1) is 17.1. The maximum absolute atomic E-state index is 14.4. The molecule has 1 unspecified atom stereocenters. The van der Waals surface area contributed by atoms with Gasteiger partial charge in [0.15, 0.2) is 0 Å². The van der Waals surface area contributed by atoms with Crippen LogP contribution in [0.4, 0.5) is 8.78 Å². The molecule has 0 aliphatic heterocycles. The number of carbonyl (C=O) groups excluding carboxylic acids is 1. The fourth-order valence-electron chi connectivity index (χ4n) is 4.16. The first-order valence-corrected chi connectivity index (χ1v) is 11.5. The molecule has 0 radical (unpaired) electrons. The Bertz CT molecular complexity index is 1460. The molecular formula is C28H26F2N2O4. The van der Waals surface area contributed by atoms with E-state index in [1.807, 2.05) is 6.92 Å². The van der Waals surface area contributed by atoms with Gasteiger partial charge in [0.2, 0.25) is 0 Å². The third kappa shape index (κ3) is 5.54. The number of fused-ring (bicyclic) bond motifs is 1. The van der Waals surface area contributed by atoms with E-state index in [2.05, 4.69) is 10.3 Å². The molecule has 1 aromatic heterocycles. The molecule has 4 rings (SSSR count). The highest BCUT2D eigenvalue weighted by atomic mass is 19.1. The van der Waals surface area contributed by atoms with Crippen LogP contribution in [-0.2, 0) is 11.2 Å². The number of aryl methyl sites for hydroxylation is 3. The minimum Gasteiger partial charge on any atom is -0.481 e. The number of aromatic nitrogens is 1. The summed E-state index contributed by atoms with van der Waals surface area (Å²) in [7, 11) is 0. The maximum Gasteiger partial charge on any atom is 0.303 e. The summed E-state index contributed by atoms with van der Waals surface area (Å²) in [6.07, 6.45) is 0.445. The van der Waals surface area contributed by atoms with Crippen molar-refractivity contribution in [3.05, 3.63) is 94.2 Å². The molecular weight excluding hydrogens is 466 g/mol. The van der Waals surface area contributed by atoms with Crippen LogP contribution in [0.5, 0.6) is 11.5 Å². The second kappa shape index (κ2) is 10.2. The van der Waals surface area contributed by atoms with Crippen LogP contribution in [0.1, 0.15) is 52.1 Å². The number of aliphatic carboxylic acids is 1. The molecule has 3 N–H and O–H groups in total. The van der Waals surface area contributed by atoms with Crippen molar-refractivity contribution in [2.75, 3.05) is 0 Å². The summed E-state index contributed by atoms with van der Waals surface area (Å²) in [5.74, 6) is -1.41. The van der Waals surface area contributed by atoms with Crippen molar-refractivity contribution in [2.24, 2.45) is 0 Å². The smallest absolute Gasteiger partial charge is 0.303 e. The van der Waals surface area contributed by atoms with Crippen molar-refractivity contribution < 1.29 is 28.2 Å². The van der Waals surface area contributed by atoms with E-state index in [0.29, 0.717) is 39.9 Å². The molecule has 0 aliphatic rings. The zero-order valence-electron chi connectivity index (χ0n) is 20.1. The first-order valence-electron chi connectivity index (χ1n) is 11.5. The number of carboxylic acid groups (broad SMARTS) is 1. The normalized spacial score (nSPS) is 11.9. The Balaban J connectivity index is 1.50. The SMILES string of the molecule is Cc1cc(Oc2cc(F)cc(C(C)NC(=O)c3[nH]c4ccc(F)cc4c3C)c2)ccc1CCC(=O)O. The van der Waals surface area contributed by atoms with Crippen LogP contribution in [-0.4, -0.2) is 22.0 Å². The quantitative estimate of drug-likeness (QED) is 0.267. The van der Waals surface area contributed by atoms with Gasteiger partial charge in [-0.2, -0.15) is 0 Å². The number of H-pyrrole nitrogens is 1. The minimum absolute atomic E-state index is 0.0346. The highest BCUT2D eigenvalue weighted by molar-refractivity contribution is 6.01. The van der Waals surface area contributed by atoms with Gasteiger partial charge in [-0.1, -0.05) is 6.07 Å². The number of aromatic amines is 1. The lowest BCUT2D eigenvalue weighted by atomic mass is 10.0. The highest BCUT2D eigenvalue weighted by Gasteiger charge is 2.19. The number of carboxylic acids is 1. The van der Waals surface area contributed by atoms with E-state index >= 15 is 0 Å². The van der Waals surface area contributed by atoms with Crippen LogP contribution >= 0.6 is 0 Å². The third-order valence-corrected chi connectivity index (χ3v) is 6.15. The molecule has 6 nitrogen and oxygen atoms in total. The lowest BCUT2D eigenvalue weighted by molar-refractivity contribution is -0.136. The number of ether oxygens (including phenoxy) is 1. The number of rotatable bonds is 8. The minimum atomic E-state index is -0.864. The Morgan fingerprint density at radius 3 is 2.50 bits per heavy atom. The lowest BCUT2D eigenvalue weighted by Crippen LogP contribution is -2.27. The van der Waals surface area contributed by atoms with Crippen LogP contribution in [0.25, 0.3) is 10.9 Å². The zero-order chi connectivity index (χ0) is 26.0. The lowest BCUT2D eigenvalue weighted by Gasteiger charge is -2.16. The number of nitrogens with one attached hydrogen (secondary N) is 2. The van der Waals surface area contributed by atoms with E-state index in [4.69, 9.17) is 9.84 Å². The summed E-state index contributed by atoms with van der Waals surface area (Å²) in [5.41, 5.74) is 3.87. The van der Waals surface area contributed by atoms with E-state index < -0.39 is 23.7 Å². The molecule has 0 aliphatic carbocycles. The number of hydrogen-bond donors (Lipinski definition) is 3. The molecule has 0 spiro atoms. The molecule has 0 saturated heterocycles. The molecule has 3 aromatic carbocycles. The Kier molecular flexibility index (Phi) is 7.05.